The Morgan fingerprint density at radius 1 is 1.14 bits per heavy atom. The summed E-state index contributed by atoms with van der Waals surface area (Å²) in [5.74, 6) is -1.93. The summed E-state index contributed by atoms with van der Waals surface area (Å²) >= 11 is 0. The molecular formula is C15H14FN3O2. The molecule has 0 bridgehead atoms. The Labute approximate surface area is 120 Å². The molecule has 5 N–H and O–H groups in total. The number of carbonyl (C=O) groups excluding carboxylic acids is 2. The van der Waals surface area contributed by atoms with Crippen LogP contribution in [-0.2, 0) is 0 Å². The average molecular weight is 287 g/mol. The van der Waals surface area contributed by atoms with Crippen LogP contribution >= 0.6 is 0 Å². The maximum atomic E-state index is 13.7. The number of nitrogens with two attached hydrogens (primary N) is 2. The van der Waals surface area contributed by atoms with Gasteiger partial charge in [0.15, 0.2) is 0 Å². The Morgan fingerprint density at radius 2 is 1.86 bits per heavy atom. The molecule has 0 aliphatic carbocycles. The van der Waals surface area contributed by atoms with Gasteiger partial charge < -0.3 is 16.8 Å². The van der Waals surface area contributed by atoms with E-state index < -0.39 is 17.6 Å². The number of hydrogen-bond donors (Lipinski definition) is 3. The lowest BCUT2D eigenvalue weighted by molar-refractivity contribution is 0.0995. The molecule has 0 fully saturated rings. The first-order valence-corrected chi connectivity index (χ1v) is 6.16. The van der Waals surface area contributed by atoms with Gasteiger partial charge in [0.1, 0.15) is 5.82 Å². The number of rotatable bonds is 3. The van der Waals surface area contributed by atoms with Crippen molar-refractivity contribution in [2.45, 2.75) is 6.92 Å². The molecule has 0 spiro atoms. The lowest BCUT2D eigenvalue weighted by Crippen LogP contribution is -2.17. The number of anilines is 2. The van der Waals surface area contributed by atoms with Crippen molar-refractivity contribution in [3.63, 3.8) is 0 Å². The van der Waals surface area contributed by atoms with Crippen LogP contribution in [0.1, 0.15) is 26.3 Å². The van der Waals surface area contributed by atoms with E-state index in [1.807, 2.05) is 0 Å². The van der Waals surface area contributed by atoms with E-state index in [1.54, 1.807) is 25.1 Å². The summed E-state index contributed by atoms with van der Waals surface area (Å²) in [6, 6.07) is 8.55. The zero-order chi connectivity index (χ0) is 15.6. The summed E-state index contributed by atoms with van der Waals surface area (Å²) in [5, 5.41) is 2.55. The number of hydrogen-bond acceptors (Lipinski definition) is 3. The van der Waals surface area contributed by atoms with Crippen LogP contribution in [0.2, 0.25) is 0 Å². The first-order chi connectivity index (χ1) is 9.90. The van der Waals surface area contributed by atoms with Crippen LogP contribution in [0.4, 0.5) is 15.8 Å². The maximum Gasteiger partial charge on any atom is 0.258 e. The summed E-state index contributed by atoms with van der Waals surface area (Å²) in [4.78, 5) is 23.3. The summed E-state index contributed by atoms with van der Waals surface area (Å²) < 4.78 is 13.7. The zero-order valence-electron chi connectivity index (χ0n) is 11.3. The molecule has 2 aromatic rings. The van der Waals surface area contributed by atoms with Gasteiger partial charge in [-0.3, -0.25) is 9.59 Å². The van der Waals surface area contributed by atoms with E-state index in [4.69, 9.17) is 11.5 Å². The van der Waals surface area contributed by atoms with E-state index in [0.29, 0.717) is 16.8 Å². The number of carbonyl (C=O) groups is 2. The molecule has 0 saturated heterocycles. The molecule has 0 radical (unpaired) electrons. The van der Waals surface area contributed by atoms with Gasteiger partial charge in [-0.1, -0.05) is 6.07 Å². The van der Waals surface area contributed by atoms with Crippen molar-refractivity contribution in [3.05, 3.63) is 58.9 Å². The van der Waals surface area contributed by atoms with Crippen molar-refractivity contribution in [1.29, 1.82) is 0 Å². The molecule has 0 aromatic heterocycles. The number of primary amides is 1. The van der Waals surface area contributed by atoms with Gasteiger partial charge in [-0.25, -0.2) is 4.39 Å². The molecule has 0 unspecified atom stereocenters. The van der Waals surface area contributed by atoms with Gasteiger partial charge in [-0.05, 0) is 42.8 Å². The van der Waals surface area contributed by atoms with Crippen LogP contribution in [0.5, 0.6) is 0 Å². The predicted molar refractivity (Wildman–Crippen MR) is 78.5 cm³/mol. The summed E-state index contributed by atoms with van der Waals surface area (Å²) in [6.07, 6.45) is 0. The molecule has 0 aliphatic rings. The van der Waals surface area contributed by atoms with Gasteiger partial charge in [-0.15, -0.1) is 0 Å². The van der Waals surface area contributed by atoms with Crippen LogP contribution in [0.3, 0.4) is 0 Å². The van der Waals surface area contributed by atoms with E-state index in [2.05, 4.69) is 5.32 Å². The van der Waals surface area contributed by atoms with E-state index in [-0.39, 0.29) is 11.3 Å². The molecule has 2 rings (SSSR count). The number of nitrogen functional groups attached to an aromatic ring is 1. The molecule has 0 heterocycles. The van der Waals surface area contributed by atoms with Crippen LogP contribution in [0.15, 0.2) is 36.4 Å². The largest absolute Gasteiger partial charge is 0.399 e. The number of nitrogens with one attached hydrogen (secondary N) is 1. The van der Waals surface area contributed by atoms with Gasteiger partial charge in [-0.2, -0.15) is 0 Å². The van der Waals surface area contributed by atoms with Crippen LogP contribution in [0.25, 0.3) is 0 Å². The van der Waals surface area contributed by atoms with Gasteiger partial charge in [0, 0.05) is 16.9 Å². The molecule has 2 aromatic carbocycles. The Kier molecular flexibility index (Phi) is 3.89. The molecule has 0 saturated carbocycles. The van der Waals surface area contributed by atoms with Crippen molar-refractivity contribution in [1.82, 2.24) is 0 Å². The number of amides is 2. The highest BCUT2D eigenvalue weighted by molar-refractivity contribution is 6.06. The fraction of sp³-hybridized carbons (Fsp3) is 0.0667. The van der Waals surface area contributed by atoms with Gasteiger partial charge >= 0.3 is 0 Å². The molecule has 21 heavy (non-hydrogen) atoms. The second-order valence-corrected chi connectivity index (χ2v) is 4.54. The van der Waals surface area contributed by atoms with E-state index in [1.165, 1.54) is 12.1 Å². The fourth-order valence-electron chi connectivity index (χ4n) is 1.94. The van der Waals surface area contributed by atoms with Gasteiger partial charge in [0.05, 0.1) is 5.56 Å². The topological polar surface area (TPSA) is 98.2 Å². The molecule has 6 heteroatoms. The quantitative estimate of drug-likeness (QED) is 0.753. The average Bonchev–Trinajstić information content (AvgIpc) is 2.40. The standard InChI is InChI=1S/C15H14FN3O2/c1-8-10(14(18)20)3-2-4-13(8)19-15(21)11-6-5-9(17)7-12(11)16/h2-7H,17H2,1H3,(H2,18,20)(H,19,21). The Bertz CT molecular complexity index is 729. The van der Waals surface area contributed by atoms with Crippen LogP contribution < -0.4 is 16.8 Å². The summed E-state index contributed by atoms with van der Waals surface area (Å²) in [7, 11) is 0. The highest BCUT2D eigenvalue weighted by atomic mass is 19.1. The second-order valence-electron chi connectivity index (χ2n) is 4.54. The van der Waals surface area contributed by atoms with Crippen molar-refractivity contribution in [3.8, 4) is 0 Å². The SMILES string of the molecule is Cc1c(NC(=O)c2ccc(N)cc2F)cccc1C(N)=O. The monoisotopic (exact) mass is 287 g/mol. The Morgan fingerprint density at radius 3 is 2.48 bits per heavy atom. The van der Waals surface area contributed by atoms with E-state index in [0.717, 1.165) is 6.07 Å². The second kappa shape index (κ2) is 5.62. The van der Waals surface area contributed by atoms with E-state index >= 15 is 0 Å². The van der Waals surface area contributed by atoms with Gasteiger partial charge in [0.2, 0.25) is 5.91 Å². The minimum absolute atomic E-state index is 0.131. The third-order valence-corrected chi connectivity index (χ3v) is 3.09. The Balaban J connectivity index is 2.32. The number of benzene rings is 2. The first kappa shape index (κ1) is 14.5. The van der Waals surface area contributed by atoms with E-state index in [9.17, 15) is 14.0 Å². The van der Waals surface area contributed by atoms with Crippen molar-refractivity contribution in [2.24, 2.45) is 5.73 Å². The van der Waals surface area contributed by atoms with Crippen LogP contribution in [0, 0.1) is 12.7 Å². The third-order valence-electron chi connectivity index (χ3n) is 3.09. The Hall–Kier alpha value is -2.89. The fourth-order valence-corrected chi connectivity index (χ4v) is 1.94. The predicted octanol–water partition coefficient (Wildman–Crippen LogP) is 2.07. The molecule has 2 amide bonds. The molecule has 108 valence electrons. The minimum Gasteiger partial charge on any atom is -0.399 e. The maximum absolute atomic E-state index is 13.7. The highest BCUT2D eigenvalue weighted by Crippen LogP contribution is 2.20. The smallest absolute Gasteiger partial charge is 0.258 e. The van der Waals surface area contributed by atoms with Crippen molar-refractivity contribution < 1.29 is 14.0 Å². The normalized spacial score (nSPS) is 10.2. The molecular weight excluding hydrogens is 273 g/mol. The number of halogens is 1. The van der Waals surface area contributed by atoms with Crippen molar-refractivity contribution in [2.75, 3.05) is 11.1 Å². The lowest BCUT2D eigenvalue weighted by Gasteiger charge is -2.11. The van der Waals surface area contributed by atoms with Crippen LogP contribution in [-0.4, -0.2) is 11.8 Å². The molecule has 0 aliphatic heterocycles. The zero-order valence-corrected chi connectivity index (χ0v) is 11.3. The summed E-state index contributed by atoms with van der Waals surface area (Å²) in [5.41, 5.74) is 12.0. The third kappa shape index (κ3) is 3.00. The molecule has 5 nitrogen and oxygen atoms in total. The summed E-state index contributed by atoms with van der Waals surface area (Å²) in [6.45, 7) is 1.65. The first-order valence-electron chi connectivity index (χ1n) is 6.16. The highest BCUT2D eigenvalue weighted by Gasteiger charge is 2.15. The molecule has 0 atom stereocenters. The van der Waals surface area contributed by atoms with Crippen molar-refractivity contribution >= 4 is 23.2 Å². The minimum atomic E-state index is -0.712. The van der Waals surface area contributed by atoms with Gasteiger partial charge in [0.25, 0.3) is 5.91 Å². The lowest BCUT2D eigenvalue weighted by atomic mass is 10.1.